The van der Waals surface area contributed by atoms with Crippen molar-refractivity contribution < 1.29 is 9.47 Å². The van der Waals surface area contributed by atoms with E-state index in [9.17, 15) is 0 Å². The molecule has 0 radical (unpaired) electrons. The molecule has 0 fully saturated rings. The third-order valence-electron chi connectivity index (χ3n) is 3.48. The molecule has 3 aromatic rings. The summed E-state index contributed by atoms with van der Waals surface area (Å²) in [5.74, 6) is 2.18. The van der Waals surface area contributed by atoms with Crippen molar-refractivity contribution in [1.29, 1.82) is 0 Å². The molecule has 0 aromatic heterocycles. The van der Waals surface area contributed by atoms with Crippen molar-refractivity contribution in [2.24, 2.45) is 0 Å². The van der Waals surface area contributed by atoms with Gasteiger partial charge in [0.1, 0.15) is 22.3 Å². The molecule has 0 N–H and O–H groups in total. The number of hydrogen-bond acceptors (Lipinski definition) is 3. The molecule has 0 saturated carbocycles. The first kappa shape index (κ1) is 17.2. The molecule has 0 saturated heterocycles. The summed E-state index contributed by atoms with van der Waals surface area (Å²) < 4.78 is 11.7. The zero-order valence-corrected chi connectivity index (χ0v) is 16.2. The molecule has 0 amide bonds. The van der Waals surface area contributed by atoms with Crippen molar-refractivity contribution in [3.63, 3.8) is 0 Å². The van der Waals surface area contributed by atoms with E-state index in [1.54, 1.807) is 18.2 Å². The van der Waals surface area contributed by atoms with E-state index in [1.807, 2.05) is 30.3 Å². The van der Waals surface area contributed by atoms with E-state index in [4.69, 9.17) is 55.9 Å². The van der Waals surface area contributed by atoms with Crippen molar-refractivity contribution in [2.45, 2.75) is 9.79 Å². The van der Waals surface area contributed by atoms with Gasteiger partial charge in [0.05, 0.1) is 24.9 Å². The Balaban J connectivity index is 1.77. The van der Waals surface area contributed by atoms with Gasteiger partial charge in [-0.3, -0.25) is 0 Å². The van der Waals surface area contributed by atoms with Gasteiger partial charge in [0.15, 0.2) is 5.75 Å². The Morgan fingerprint density at radius 2 is 1.48 bits per heavy atom. The second kappa shape index (κ2) is 6.82. The topological polar surface area (TPSA) is 18.5 Å². The van der Waals surface area contributed by atoms with Gasteiger partial charge < -0.3 is 9.47 Å². The normalized spacial score (nSPS) is 12.2. The Kier molecular flexibility index (Phi) is 4.69. The molecule has 1 heterocycles. The molecule has 7 heteroatoms. The number of ether oxygens (including phenoxy) is 2. The molecule has 0 aliphatic carbocycles. The van der Waals surface area contributed by atoms with E-state index in [-0.39, 0.29) is 0 Å². The highest BCUT2D eigenvalue weighted by Gasteiger charge is 2.26. The van der Waals surface area contributed by atoms with Crippen LogP contribution in [0.1, 0.15) is 0 Å². The largest absolute Gasteiger partial charge is 0.455 e. The fourth-order valence-electron chi connectivity index (χ4n) is 2.33. The SMILES string of the molecule is Clc1cc2c(cc1Cl)Sc1c(cc(Cl)c(Oc3ccccc3)c1Cl)O2. The number of fused-ring (bicyclic) bond motifs is 2. The number of hydrogen-bond donors (Lipinski definition) is 0. The number of rotatable bonds is 2. The number of para-hydroxylation sites is 1. The van der Waals surface area contributed by atoms with Gasteiger partial charge >= 0.3 is 0 Å². The Morgan fingerprint density at radius 1 is 0.800 bits per heavy atom. The van der Waals surface area contributed by atoms with Gasteiger partial charge in [0.25, 0.3) is 0 Å². The zero-order valence-electron chi connectivity index (χ0n) is 12.4. The third kappa shape index (κ3) is 3.27. The van der Waals surface area contributed by atoms with Gasteiger partial charge in [-0.1, -0.05) is 76.4 Å². The smallest absolute Gasteiger partial charge is 0.166 e. The van der Waals surface area contributed by atoms with Crippen LogP contribution in [-0.4, -0.2) is 0 Å². The molecule has 0 spiro atoms. The van der Waals surface area contributed by atoms with E-state index in [1.165, 1.54) is 11.8 Å². The maximum absolute atomic E-state index is 6.55. The molecule has 0 atom stereocenters. The molecule has 3 aromatic carbocycles. The molecular formula is C18H8Cl4O2S. The first-order valence-corrected chi connectivity index (χ1v) is 9.45. The maximum atomic E-state index is 6.55. The molecule has 25 heavy (non-hydrogen) atoms. The number of benzene rings is 3. The lowest BCUT2D eigenvalue weighted by Crippen LogP contribution is -1.98. The minimum atomic E-state index is 0.358. The predicted molar refractivity (Wildman–Crippen MR) is 104 cm³/mol. The highest BCUT2D eigenvalue weighted by Crippen LogP contribution is 2.55. The zero-order chi connectivity index (χ0) is 17.6. The second-order valence-corrected chi connectivity index (χ2v) is 7.81. The Bertz CT molecular complexity index is 977. The molecule has 4 rings (SSSR count). The van der Waals surface area contributed by atoms with Gasteiger partial charge in [-0.15, -0.1) is 0 Å². The average Bonchev–Trinajstić information content (AvgIpc) is 2.60. The summed E-state index contributed by atoms with van der Waals surface area (Å²) in [6.07, 6.45) is 0. The van der Waals surface area contributed by atoms with Crippen LogP contribution in [0, 0.1) is 0 Å². The fourth-order valence-corrected chi connectivity index (χ4v) is 4.32. The lowest BCUT2D eigenvalue weighted by atomic mass is 10.3. The van der Waals surface area contributed by atoms with Crippen molar-refractivity contribution in [3.05, 3.63) is 68.6 Å². The van der Waals surface area contributed by atoms with Crippen LogP contribution in [0.15, 0.2) is 58.3 Å². The van der Waals surface area contributed by atoms with Gasteiger partial charge in [-0.25, -0.2) is 0 Å². The molecule has 126 valence electrons. The van der Waals surface area contributed by atoms with Crippen LogP contribution in [-0.2, 0) is 0 Å². The van der Waals surface area contributed by atoms with Gasteiger partial charge in [-0.2, -0.15) is 0 Å². The monoisotopic (exact) mass is 428 g/mol. The Labute approximate surface area is 168 Å². The maximum Gasteiger partial charge on any atom is 0.166 e. The van der Waals surface area contributed by atoms with Crippen molar-refractivity contribution in [3.8, 4) is 23.0 Å². The first-order chi connectivity index (χ1) is 12.0. The van der Waals surface area contributed by atoms with Crippen LogP contribution in [0.25, 0.3) is 0 Å². The van der Waals surface area contributed by atoms with Gasteiger partial charge in [0.2, 0.25) is 0 Å². The second-order valence-electron chi connectivity index (χ2n) is 5.16. The summed E-state index contributed by atoms with van der Waals surface area (Å²) in [6, 6.07) is 14.4. The van der Waals surface area contributed by atoms with E-state index < -0.39 is 0 Å². The lowest BCUT2D eigenvalue weighted by molar-refractivity contribution is 0.447. The minimum absolute atomic E-state index is 0.358. The third-order valence-corrected chi connectivity index (χ3v) is 6.10. The highest BCUT2D eigenvalue weighted by molar-refractivity contribution is 7.99. The van der Waals surface area contributed by atoms with Crippen LogP contribution in [0.3, 0.4) is 0 Å². The standard InChI is InChI=1S/C18H8Cl4O2S/c19-10-6-13-15(8-11(10)20)25-18-14(24-13)7-12(21)17(16(18)22)23-9-4-2-1-3-5-9/h1-8H. The summed E-state index contributed by atoms with van der Waals surface area (Å²) in [4.78, 5) is 1.53. The summed E-state index contributed by atoms with van der Waals surface area (Å²) >= 11 is 26.5. The Hall–Kier alpha value is -1.23. The van der Waals surface area contributed by atoms with Gasteiger partial charge in [-0.05, 0) is 18.2 Å². The van der Waals surface area contributed by atoms with Crippen LogP contribution < -0.4 is 9.47 Å². The highest BCUT2D eigenvalue weighted by atomic mass is 35.5. The molecular weight excluding hydrogens is 422 g/mol. The van der Waals surface area contributed by atoms with Crippen LogP contribution >= 0.6 is 58.2 Å². The Morgan fingerprint density at radius 3 is 2.24 bits per heavy atom. The number of halogens is 4. The van der Waals surface area contributed by atoms with Crippen molar-refractivity contribution in [2.75, 3.05) is 0 Å². The van der Waals surface area contributed by atoms with E-state index in [0.29, 0.717) is 48.0 Å². The minimum Gasteiger partial charge on any atom is -0.455 e. The predicted octanol–water partition coefficient (Wildman–Crippen LogP) is 8.35. The summed E-state index contributed by atoms with van der Waals surface area (Å²) in [5, 5.41) is 1.61. The molecule has 1 aliphatic rings. The quantitative estimate of drug-likeness (QED) is 0.319. The first-order valence-electron chi connectivity index (χ1n) is 7.12. The summed E-state index contributed by atoms with van der Waals surface area (Å²) in [6.45, 7) is 0. The van der Waals surface area contributed by atoms with E-state index >= 15 is 0 Å². The molecule has 1 aliphatic heterocycles. The van der Waals surface area contributed by atoms with E-state index in [0.717, 1.165) is 4.90 Å². The molecule has 2 nitrogen and oxygen atoms in total. The fraction of sp³-hybridized carbons (Fsp3) is 0. The molecule has 0 bridgehead atoms. The van der Waals surface area contributed by atoms with Crippen LogP contribution in [0.2, 0.25) is 20.1 Å². The summed E-state index contributed by atoms with van der Waals surface area (Å²) in [7, 11) is 0. The van der Waals surface area contributed by atoms with Gasteiger partial charge in [0, 0.05) is 12.1 Å². The van der Waals surface area contributed by atoms with Crippen molar-refractivity contribution >= 4 is 58.2 Å². The van der Waals surface area contributed by atoms with E-state index in [2.05, 4.69) is 0 Å². The average molecular weight is 430 g/mol. The van der Waals surface area contributed by atoms with Crippen LogP contribution in [0.5, 0.6) is 23.0 Å². The lowest BCUT2D eigenvalue weighted by Gasteiger charge is -2.23. The molecule has 0 unspecified atom stereocenters. The van der Waals surface area contributed by atoms with Crippen LogP contribution in [0.4, 0.5) is 0 Å². The van der Waals surface area contributed by atoms with Crippen molar-refractivity contribution in [1.82, 2.24) is 0 Å². The summed E-state index contributed by atoms with van der Waals surface area (Å²) in [5.41, 5.74) is 0.